The molecule has 0 atom stereocenters. The zero-order chi connectivity index (χ0) is 23.5. The van der Waals surface area contributed by atoms with Crippen molar-refractivity contribution in [2.45, 2.75) is 39.5 Å². The van der Waals surface area contributed by atoms with Crippen molar-refractivity contribution in [2.24, 2.45) is 0 Å². The number of carbonyl (C=O) groups excluding carboxylic acids is 2. The number of benzene rings is 1. The number of aryl methyl sites for hydroxylation is 1. The van der Waals surface area contributed by atoms with Gasteiger partial charge in [-0.1, -0.05) is 30.3 Å². The van der Waals surface area contributed by atoms with Gasteiger partial charge in [-0.15, -0.1) is 11.3 Å². The number of hydrogen-bond donors (Lipinski definition) is 1. The maximum atomic E-state index is 13.1. The third-order valence-electron chi connectivity index (χ3n) is 5.90. The van der Waals surface area contributed by atoms with E-state index in [1.807, 2.05) is 47.3 Å². The Bertz CT molecular complexity index is 1290. The van der Waals surface area contributed by atoms with E-state index >= 15 is 0 Å². The summed E-state index contributed by atoms with van der Waals surface area (Å²) in [5, 5.41) is 14.6. The van der Waals surface area contributed by atoms with Crippen LogP contribution < -0.4 is 5.32 Å². The van der Waals surface area contributed by atoms with E-state index in [1.54, 1.807) is 28.2 Å². The van der Waals surface area contributed by atoms with Crippen LogP contribution in [0.5, 0.6) is 0 Å². The molecule has 1 aliphatic heterocycles. The highest BCUT2D eigenvalue weighted by Gasteiger charge is 2.31. The maximum absolute atomic E-state index is 13.1. The monoisotopic (exact) mass is 475 g/mol. The third-order valence-corrected chi connectivity index (χ3v) is 6.68. The molecule has 34 heavy (non-hydrogen) atoms. The van der Waals surface area contributed by atoms with Crippen LogP contribution in [0.2, 0.25) is 0 Å². The van der Waals surface area contributed by atoms with Gasteiger partial charge in [0.05, 0.1) is 31.4 Å². The quantitative estimate of drug-likeness (QED) is 0.443. The predicted molar refractivity (Wildman–Crippen MR) is 127 cm³/mol. The fourth-order valence-electron chi connectivity index (χ4n) is 4.14. The number of aromatic nitrogens is 5. The highest BCUT2D eigenvalue weighted by molar-refractivity contribution is 7.09. The molecule has 4 heterocycles. The van der Waals surface area contributed by atoms with Crippen molar-refractivity contribution < 1.29 is 9.59 Å². The van der Waals surface area contributed by atoms with Gasteiger partial charge in [-0.3, -0.25) is 19.0 Å². The highest BCUT2D eigenvalue weighted by Crippen LogP contribution is 2.25. The van der Waals surface area contributed by atoms with Crippen molar-refractivity contribution >= 4 is 23.2 Å². The SMILES string of the molecule is CCn1cc(C(=O)N2CCc3c(c(C(=O)NCc4nccs4)nn3Cc3ccccc3)C2)cn1. The Hall–Kier alpha value is -3.79. The van der Waals surface area contributed by atoms with Gasteiger partial charge in [-0.05, 0) is 12.5 Å². The first kappa shape index (κ1) is 22.0. The predicted octanol–water partition coefficient (Wildman–Crippen LogP) is 2.73. The summed E-state index contributed by atoms with van der Waals surface area (Å²) in [6, 6.07) is 10.0. The van der Waals surface area contributed by atoms with Crippen LogP contribution in [0.25, 0.3) is 0 Å². The van der Waals surface area contributed by atoms with Crippen molar-refractivity contribution in [3.05, 3.63) is 87.4 Å². The van der Waals surface area contributed by atoms with E-state index in [4.69, 9.17) is 5.10 Å². The minimum Gasteiger partial charge on any atom is -0.344 e. The van der Waals surface area contributed by atoms with E-state index < -0.39 is 0 Å². The first-order valence-corrected chi connectivity index (χ1v) is 12.1. The van der Waals surface area contributed by atoms with Crippen LogP contribution in [0.4, 0.5) is 0 Å². The zero-order valence-electron chi connectivity index (χ0n) is 18.8. The summed E-state index contributed by atoms with van der Waals surface area (Å²) in [4.78, 5) is 32.3. The van der Waals surface area contributed by atoms with E-state index in [0.717, 1.165) is 21.8 Å². The Kier molecular flexibility index (Phi) is 6.22. The lowest BCUT2D eigenvalue weighted by atomic mass is 10.0. The number of amides is 2. The molecular weight excluding hydrogens is 450 g/mol. The Labute approximate surface area is 201 Å². The first-order valence-electron chi connectivity index (χ1n) is 11.2. The standard InChI is InChI=1S/C24H25N7O2S/c1-2-30-15-18(12-27-30)24(33)29-10-8-20-19(16-29)22(23(32)26-13-21-25-9-11-34-21)28-31(20)14-17-6-4-3-5-7-17/h3-7,9,11-12,15H,2,8,10,13-14,16H2,1H3,(H,26,32). The van der Waals surface area contributed by atoms with Crippen LogP contribution in [-0.4, -0.2) is 47.8 Å². The number of thiazole rings is 1. The zero-order valence-corrected chi connectivity index (χ0v) is 19.7. The number of nitrogens with zero attached hydrogens (tertiary/aromatic N) is 6. The minimum atomic E-state index is -0.258. The number of hydrogen-bond acceptors (Lipinski definition) is 6. The van der Waals surface area contributed by atoms with Crippen LogP contribution in [0.3, 0.4) is 0 Å². The lowest BCUT2D eigenvalue weighted by Crippen LogP contribution is -2.37. The lowest BCUT2D eigenvalue weighted by Gasteiger charge is -2.27. The number of nitrogens with one attached hydrogen (secondary N) is 1. The molecule has 0 fully saturated rings. The van der Waals surface area contributed by atoms with Gasteiger partial charge < -0.3 is 10.2 Å². The average Bonchev–Trinajstić information content (AvgIpc) is 3.63. The average molecular weight is 476 g/mol. The molecule has 0 unspecified atom stereocenters. The second kappa shape index (κ2) is 9.60. The normalized spacial score (nSPS) is 13.0. The molecule has 10 heteroatoms. The van der Waals surface area contributed by atoms with Crippen LogP contribution in [0.1, 0.15) is 49.6 Å². The van der Waals surface area contributed by atoms with Gasteiger partial charge in [0.1, 0.15) is 5.01 Å². The maximum Gasteiger partial charge on any atom is 0.272 e. The van der Waals surface area contributed by atoms with Gasteiger partial charge in [0.15, 0.2) is 5.69 Å². The summed E-state index contributed by atoms with van der Waals surface area (Å²) in [5.41, 5.74) is 3.82. The molecule has 1 aromatic carbocycles. The number of carbonyl (C=O) groups is 2. The van der Waals surface area contributed by atoms with Crippen LogP contribution in [0.15, 0.2) is 54.3 Å². The molecule has 9 nitrogen and oxygen atoms in total. The van der Waals surface area contributed by atoms with Gasteiger partial charge in [0.2, 0.25) is 0 Å². The largest absolute Gasteiger partial charge is 0.344 e. The van der Waals surface area contributed by atoms with Crippen LogP contribution in [-0.2, 0) is 32.6 Å². The van der Waals surface area contributed by atoms with Crippen LogP contribution >= 0.6 is 11.3 Å². The first-order chi connectivity index (χ1) is 16.6. The molecule has 5 rings (SSSR count). The smallest absolute Gasteiger partial charge is 0.272 e. The summed E-state index contributed by atoms with van der Waals surface area (Å²) in [6.07, 6.45) is 5.70. The summed E-state index contributed by atoms with van der Waals surface area (Å²) in [5.74, 6) is -0.346. The van der Waals surface area contributed by atoms with E-state index in [1.165, 1.54) is 11.3 Å². The van der Waals surface area contributed by atoms with Crippen molar-refractivity contribution in [1.82, 2.24) is 34.8 Å². The third kappa shape index (κ3) is 4.49. The summed E-state index contributed by atoms with van der Waals surface area (Å²) in [6.45, 7) is 4.49. The fraction of sp³-hybridized carbons (Fsp3) is 0.292. The molecule has 1 N–H and O–H groups in total. The molecule has 1 aliphatic rings. The molecule has 174 valence electrons. The van der Waals surface area contributed by atoms with Crippen LogP contribution in [0, 0.1) is 0 Å². The Balaban J connectivity index is 1.42. The molecule has 2 amide bonds. The Morgan fingerprint density at radius 3 is 2.79 bits per heavy atom. The van der Waals surface area contributed by atoms with Crippen molar-refractivity contribution in [1.29, 1.82) is 0 Å². The van der Waals surface area contributed by atoms with E-state index in [9.17, 15) is 9.59 Å². The Morgan fingerprint density at radius 1 is 1.21 bits per heavy atom. The van der Waals surface area contributed by atoms with Crippen molar-refractivity contribution in [3.63, 3.8) is 0 Å². The molecule has 0 radical (unpaired) electrons. The molecule has 0 saturated heterocycles. The second-order valence-electron chi connectivity index (χ2n) is 8.09. The van der Waals surface area contributed by atoms with Gasteiger partial charge >= 0.3 is 0 Å². The van der Waals surface area contributed by atoms with Gasteiger partial charge in [-0.2, -0.15) is 10.2 Å². The molecule has 0 spiro atoms. The summed E-state index contributed by atoms with van der Waals surface area (Å²) in [7, 11) is 0. The lowest BCUT2D eigenvalue weighted by molar-refractivity contribution is 0.0730. The molecule has 0 aliphatic carbocycles. The molecule has 0 bridgehead atoms. The molecule has 4 aromatic rings. The molecular formula is C24H25N7O2S. The highest BCUT2D eigenvalue weighted by atomic mass is 32.1. The van der Waals surface area contributed by atoms with Crippen molar-refractivity contribution in [3.8, 4) is 0 Å². The van der Waals surface area contributed by atoms with Gasteiger partial charge in [0, 0.05) is 48.5 Å². The number of fused-ring (bicyclic) bond motifs is 1. The topological polar surface area (TPSA) is 97.9 Å². The summed E-state index contributed by atoms with van der Waals surface area (Å²) >= 11 is 1.49. The fourth-order valence-corrected chi connectivity index (χ4v) is 4.70. The molecule has 3 aromatic heterocycles. The van der Waals surface area contributed by atoms with Gasteiger partial charge in [-0.25, -0.2) is 4.98 Å². The second-order valence-corrected chi connectivity index (χ2v) is 9.07. The van der Waals surface area contributed by atoms with E-state index in [0.29, 0.717) is 50.4 Å². The van der Waals surface area contributed by atoms with E-state index in [-0.39, 0.29) is 11.8 Å². The number of rotatable bonds is 7. The minimum absolute atomic E-state index is 0.0877. The van der Waals surface area contributed by atoms with E-state index in [2.05, 4.69) is 15.4 Å². The molecule has 0 saturated carbocycles. The van der Waals surface area contributed by atoms with Crippen molar-refractivity contribution in [2.75, 3.05) is 6.54 Å². The summed E-state index contributed by atoms with van der Waals surface area (Å²) < 4.78 is 3.64. The van der Waals surface area contributed by atoms with Gasteiger partial charge in [0.25, 0.3) is 11.8 Å². The Morgan fingerprint density at radius 2 is 2.06 bits per heavy atom.